The number of benzene rings is 1. The van der Waals surface area contributed by atoms with Gasteiger partial charge in [0.15, 0.2) is 0 Å². The molecule has 2 heteroatoms. The second-order valence-electron chi connectivity index (χ2n) is 4.89. The molecule has 0 aromatic heterocycles. The van der Waals surface area contributed by atoms with Crippen molar-refractivity contribution in [3.8, 4) is 0 Å². The number of hydrogen-bond acceptors (Lipinski definition) is 1. The van der Waals surface area contributed by atoms with Crippen LogP contribution in [-0.4, -0.2) is 11.9 Å². The monoisotopic (exact) mass is 229 g/mol. The standard InChI is InChI=1S/C15H19NO/c1-11(2)13-6-3-12(4-7-13)5-8-14-9-10-15(17)16-14/h3-8,11,14H,9-10H2,1-2H3,(H,16,17)/b8-5-/t14-/m0/s1. The number of nitrogens with one attached hydrogen (secondary N) is 1. The third-order valence-corrected chi connectivity index (χ3v) is 3.15. The van der Waals surface area contributed by atoms with E-state index in [-0.39, 0.29) is 11.9 Å². The van der Waals surface area contributed by atoms with Gasteiger partial charge in [0.1, 0.15) is 0 Å². The summed E-state index contributed by atoms with van der Waals surface area (Å²) < 4.78 is 0. The third kappa shape index (κ3) is 3.19. The molecule has 1 amide bonds. The van der Waals surface area contributed by atoms with Gasteiger partial charge in [0.05, 0.1) is 0 Å². The Bertz CT molecular complexity index is 417. The van der Waals surface area contributed by atoms with Crippen LogP contribution in [0.3, 0.4) is 0 Å². The molecule has 1 aliphatic rings. The van der Waals surface area contributed by atoms with Crippen LogP contribution < -0.4 is 5.32 Å². The van der Waals surface area contributed by atoms with Crippen molar-refractivity contribution in [2.75, 3.05) is 0 Å². The maximum atomic E-state index is 11.0. The fourth-order valence-corrected chi connectivity index (χ4v) is 2.00. The summed E-state index contributed by atoms with van der Waals surface area (Å²) in [5.41, 5.74) is 2.55. The van der Waals surface area contributed by atoms with Crippen molar-refractivity contribution in [3.05, 3.63) is 41.5 Å². The lowest BCUT2D eigenvalue weighted by molar-refractivity contribution is -0.119. The van der Waals surface area contributed by atoms with Crippen LogP contribution in [0.5, 0.6) is 0 Å². The lowest BCUT2D eigenvalue weighted by Gasteiger charge is -2.05. The molecule has 0 saturated carbocycles. The minimum absolute atomic E-state index is 0.162. The highest BCUT2D eigenvalue weighted by Gasteiger charge is 2.17. The lowest BCUT2D eigenvalue weighted by atomic mass is 10.0. The summed E-state index contributed by atoms with van der Waals surface area (Å²) in [6, 6.07) is 8.80. The van der Waals surface area contributed by atoms with Gasteiger partial charge < -0.3 is 5.32 Å². The Morgan fingerprint density at radius 2 is 2.00 bits per heavy atom. The molecule has 0 unspecified atom stereocenters. The Labute approximate surface area is 103 Å². The van der Waals surface area contributed by atoms with Crippen LogP contribution in [-0.2, 0) is 4.79 Å². The molecule has 0 radical (unpaired) electrons. The Morgan fingerprint density at radius 3 is 2.53 bits per heavy atom. The van der Waals surface area contributed by atoms with Crippen molar-refractivity contribution < 1.29 is 4.79 Å². The maximum Gasteiger partial charge on any atom is 0.220 e. The van der Waals surface area contributed by atoms with E-state index in [0.29, 0.717) is 12.3 Å². The van der Waals surface area contributed by atoms with Crippen LogP contribution >= 0.6 is 0 Å². The van der Waals surface area contributed by atoms with E-state index in [1.54, 1.807) is 0 Å². The normalized spacial score (nSPS) is 20.2. The highest BCUT2D eigenvalue weighted by Crippen LogP contribution is 2.16. The number of hydrogen-bond donors (Lipinski definition) is 1. The number of rotatable bonds is 3. The first-order chi connectivity index (χ1) is 8.15. The zero-order chi connectivity index (χ0) is 12.3. The van der Waals surface area contributed by atoms with Crippen LogP contribution in [0, 0.1) is 0 Å². The molecule has 0 spiro atoms. The van der Waals surface area contributed by atoms with E-state index in [2.05, 4.69) is 55.6 Å². The number of amides is 1. The first-order valence-corrected chi connectivity index (χ1v) is 6.22. The molecule has 1 heterocycles. The molecule has 17 heavy (non-hydrogen) atoms. The molecule has 1 fully saturated rings. The molecule has 2 rings (SSSR count). The average Bonchev–Trinajstić information content (AvgIpc) is 2.73. The molecule has 1 aromatic carbocycles. The smallest absolute Gasteiger partial charge is 0.220 e. The molecule has 1 saturated heterocycles. The largest absolute Gasteiger partial charge is 0.350 e. The zero-order valence-corrected chi connectivity index (χ0v) is 10.4. The molecule has 1 atom stereocenters. The Balaban J connectivity index is 1.99. The van der Waals surface area contributed by atoms with Gasteiger partial charge in [-0.1, -0.05) is 50.3 Å². The molecule has 90 valence electrons. The molecule has 0 aliphatic carbocycles. The summed E-state index contributed by atoms with van der Waals surface area (Å²) in [5.74, 6) is 0.733. The SMILES string of the molecule is CC(C)c1ccc(/C=C\[C@H]2CCC(=O)N2)cc1. The average molecular weight is 229 g/mol. The topological polar surface area (TPSA) is 29.1 Å². The minimum atomic E-state index is 0.162. The molecule has 1 N–H and O–H groups in total. The fourth-order valence-electron chi connectivity index (χ4n) is 2.00. The van der Waals surface area contributed by atoms with Crippen molar-refractivity contribution in [2.24, 2.45) is 0 Å². The molecule has 1 aromatic rings. The third-order valence-electron chi connectivity index (χ3n) is 3.15. The van der Waals surface area contributed by atoms with Crippen LogP contribution in [0.1, 0.15) is 43.7 Å². The summed E-state index contributed by atoms with van der Waals surface area (Å²) in [4.78, 5) is 11.0. The van der Waals surface area contributed by atoms with Crippen molar-refractivity contribution in [3.63, 3.8) is 0 Å². The lowest BCUT2D eigenvalue weighted by Crippen LogP contribution is -2.22. The summed E-state index contributed by atoms with van der Waals surface area (Å²) in [6.07, 6.45) is 5.73. The first kappa shape index (κ1) is 11.9. The molecular weight excluding hydrogens is 210 g/mol. The molecular formula is C15H19NO. The second-order valence-corrected chi connectivity index (χ2v) is 4.89. The van der Waals surface area contributed by atoms with E-state index in [1.165, 1.54) is 11.1 Å². The van der Waals surface area contributed by atoms with Gasteiger partial charge in [-0.15, -0.1) is 0 Å². The van der Waals surface area contributed by atoms with Gasteiger partial charge in [-0.2, -0.15) is 0 Å². The second kappa shape index (κ2) is 5.17. The predicted molar refractivity (Wildman–Crippen MR) is 70.7 cm³/mol. The summed E-state index contributed by atoms with van der Waals surface area (Å²) in [7, 11) is 0. The van der Waals surface area contributed by atoms with E-state index in [4.69, 9.17) is 0 Å². The molecule has 1 aliphatic heterocycles. The highest BCUT2D eigenvalue weighted by atomic mass is 16.1. The Hall–Kier alpha value is -1.57. The summed E-state index contributed by atoms with van der Waals surface area (Å²) in [5, 5.41) is 2.93. The quantitative estimate of drug-likeness (QED) is 0.847. The van der Waals surface area contributed by atoms with E-state index < -0.39 is 0 Å². The Morgan fingerprint density at radius 1 is 1.29 bits per heavy atom. The summed E-state index contributed by atoms with van der Waals surface area (Å²) in [6.45, 7) is 4.39. The fraction of sp³-hybridized carbons (Fsp3) is 0.400. The van der Waals surface area contributed by atoms with Gasteiger partial charge in [-0.3, -0.25) is 4.79 Å². The van der Waals surface area contributed by atoms with Gasteiger partial charge in [0.25, 0.3) is 0 Å². The van der Waals surface area contributed by atoms with Crippen LogP contribution in [0.25, 0.3) is 6.08 Å². The van der Waals surface area contributed by atoms with Crippen molar-refractivity contribution in [1.82, 2.24) is 5.32 Å². The van der Waals surface area contributed by atoms with Gasteiger partial charge in [-0.05, 0) is 23.5 Å². The molecule has 0 bridgehead atoms. The van der Waals surface area contributed by atoms with Gasteiger partial charge in [-0.25, -0.2) is 0 Å². The van der Waals surface area contributed by atoms with Gasteiger partial charge >= 0.3 is 0 Å². The highest BCUT2D eigenvalue weighted by molar-refractivity contribution is 5.79. The van der Waals surface area contributed by atoms with E-state index >= 15 is 0 Å². The number of carbonyl (C=O) groups is 1. The number of carbonyl (C=O) groups excluding carboxylic acids is 1. The zero-order valence-electron chi connectivity index (χ0n) is 10.4. The van der Waals surface area contributed by atoms with Crippen LogP contribution in [0.15, 0.2) is 30.3 Å². The van der Waals surface area contributed by atoms with E-state index in [1.807, 2.05) is 0 Å². The van der Waals surface area contributed by atoms with Crippen molar-refractivity contribution in [2.45, 2.75) is 38.6 Å². The van der Waals surface area contributed by atoms with Crippen LogP contribution in [0.4, 0.5) is 0 Å². The maximum absolute atomic E-state index is 11.0. The van der Waals surface area contributed by atoms with E-state index in [0.717, 1.165) is 6.42 Å². The van der Waals surface area contributed by atoms with Crippen LogP contribution in [0.2, 0.25) is 0 Å². The van der Waals surface area contributed by atoms with Crippen molar-refractivity contribution >= 4 is 12.0 Å². The van der Waals surface area contributed by atoms with Gasteiger partial charge in [0.2, 0.25) is 5.91 Å². The Kier molecular flexibility index (Phi) is 3.62. The molecule has 2 nitrogen and oxygen atoms in total. The summed E-state index contributed by atoms with van der Waals surface area (Å²) >= 11 is 0. The first-order valence-electron chi connectivity index (χ1n) is 6.22. The van der Waals surface area contributed by atoms with Crippen molar-refractivity contribution in [1.29, 1.82) is 0 Å². The van der Waals surface area contributed by atoms with Gasteiger partial charge in [0, 0.05) is 12.5 Å². The van der Waals surface area contributed by atoms with E-state index in [9.17, 15) is 4.79 Å². The minimum Gasteiger partial charge on any atom is -0.350 e. The predicted octanol–water partition coefficient (Wildman–Crippen LogP) is 3.10.